The molecule has 3 aliphatic carbocycles. The van der Waals surface area contributed by atoms with E-state index in [0.29, 0.717) is 5.56 Å². The van der Waals surface area contributed by atoms with Crippen molar-refractivity contribution in [2.24, 2.45) is 17.6 Å². The Kier molecular flexibility index (Phi) is 6.74. The second-order valence-electron chi connectivity index (χ2n) is 12.2. The van der Waals surface area contributed by atoms with Crippen LogP contribution in [-0.2, 0) is 20.8 Å². The third-order valence-electron chi connectivity index (χ3n) is 9.58. The molecule has 4 aliphatic rings. The Hall–Kier alpha value is -4.41. The fraction of sp³-hybridized carbons (Fsp3) is 0.364. The first-order valence-corrected chi connectivity index (χ1v) is 14.4. The van der Waals surface area contributed by atoms with E-state index in [1.165, 1.54) is 16.7 Å². The highest BCUT2D eigenvalue weighted by molar-refractivity contribution is 6.24. The van der Waals surface area contributed by atoms with Crippen LogP contribution in [0.15, 0.2) is 59.0 Å². The number of phenolic OH excluding ortho intramolecular Hbond substituents is 1. The molecule has 2 aromatic rings. The molecule has 1 saturated carbocycles. The zero-order chi connectivity index (χ0) is 31.0. The van der Waals surface area contributed by atoms with Gasteiger partial charge in [-0.25, -0.2) is 0 Å². The van der Waals surface area contributed by atoms with Gasteiger partial charge in [0.2, 0.25) is 5.78 Å². The minimum absolute atomic E-state index is 0.0425. The topological polar surface area (TPSA) is 165 Å². The van der Waals surface area contributed by atoms with Crippen LogP contribution in [0.2, 0.25) is 0 Å². The fourth-order valence-electron chi connectivity index (χ4n) is 7.48. The van der Waals surface area contributed by atoms with Crippen molar-refractivity contribution in [2.75, 3.05) is 27.7 Å². The maximum atomic E-state index is 14.0. The normalized spacial score (nSPS) is 28.0. The summed E-state index contributed by atoms with van der Waals surface area (Å²) in [6.07, 6.45) is 4.60. The number of likely N-dealkylation sites (N-methyl/N-ethyl adjacent to an activating group) is 1. The highest BCUT2D eigenvalue weighted by Gasteiger charge is 2.64. The Morgan fingerprint density at radius 3 is 2.40 bits per heavy atom. The van der Waals surface area contributed by atoms with Gasteiger partial charge in [0.25, 0.3) is 5.91 Å². The van der Waals surface area contributed by atoms with Gasteiger partial charge in [-0.3, -0.25) is 19.3 Å². The molecule has 4 atom stereocenters. The molecule has 1 aliphatic heterocycles. The SMILES string of the molecule is CN1CCCC1=Cc1ccc(-c2ccc(O)c3c2CC2CC4C(N(C)C)C(=O)C(C(N)=O)=C(O)C4(O)C(=O)C2=C3O)cc1. The number of amides is 1. The second-order valence-corrected chi connectivity index (χ2v) is 12.2. The third kappa shape index (κ3) is 4.19. The van der Waals surface area contributed by atoms with Crippen LogP contribution in [0.25, 0.3) is 23.0 Å². The first kappa shape index (κ1) is 28.7. The summed E-state index contributed by atoms with van der Waals surface area (Å²) in [5.74, 6) is -6.64. The smallest absolute Gasteiger partial charge is 0.255 e. The number of hydrogen-bond acceptors (Lipinski definition) is 9. The van der Waals surface area contributed by atoms with Gasteiger partial charge >= 0.3 is 0 Å². The van der Waals surface area contributed by atoms with Gasteiger partial charge in [-0.1, -0.05) is 30.3 Å². The number of phenols is 1. The molecule has 2 fully saturated rings. The molecule has 224 valence electrons. The Morgan fingerprint density at radius 1 is 1.09 bits per heavy atom. The number of Topliss-reactive ketones (excluding diaryl/α,β-unsaturated/α-hetero) is 2. The molecule has 1 heterocycles. The lowest BCUT2D eigenvalue weighted by molar-refractivity contribution is -0.153. The van der Waals surface area contributed by atoms with E-state index in [9.17, 15) is 34.8 Å². The van der Waals surface area contributed by atoms with Crippen molar-refractivity contribution < 1.29 is 34.8 Å². The van der Waals surface area contributed by atoms with Crippen molar-refractivity contribution in [3.05, 3.63) is 75.7 Å². The number of hydrogen-bond donors (Lipinski definition) is 5. The van der Waals surface area contributed by atoms with Crippen molar-refractivity contribution in [1.29, 1.82) is 0 Å². The molecule has 1 amide bonds. The van der Waals surface area contributed by atoms with Crippen molar-refractivity contribution >= 4 is 29.3 Å². The number of aliphatic hydroxyl groups is 3. The van der Waals surface area contributed by atoms with Crippen molar-refractivity contribution in [3.63, 3.8) is 0 Å². The summed E-state index contributed by atoms with van der Waals surface area (Å²) in [6.45, 7) is 1.04. The number of aromatic hydroxyl groups is 1. The number of ketones is 2. The zero-order valence-electron chi connectivity index (χ0n) is 24.3. The number of rotatable bonds is 4. The predicted octanol–water partition coefficient (Wildman–Crippen LogP) is 2.70. The summed E-state index contributed by atoms with van der Waals surface area (Å²) in [4.78, 5) is 43.2. The maximum absolute atomic E-state index is 14.0. The largest absolute Gasteiger partial charge is 0.508 e. The molecule has 2 aromatic carbocycles. The number of carbonyl (C=O) groups excluding carboxylic acids is 3. The molecule has 4 unspecified atom stereocenters. The molecule has 0 spiro atoms. The molecule has 6 N–H and O–H groups in total. The number of fused-ring (bicyclic) bond motifs is 3. The number of allylic oxidation sites excluding steroid dienone is 1. The summed E-state index contributed by atoms with van der Waals surface area (Å²) in [6, 6.07) is 10.1. The Bertz CT molecular complexity index is 1670. The zero-order valence-corrected chi connectivity index (χ0v) is 24.3. The van der Waals surface area contributed by atoms with E-state index in [1.807, 2.05) is 24.3 Å². The highest BCUT2D eigenvalue weighted by Crippen LogP contribution is 2.53. The van der Waals surface area contributed by atoms with Crippen LogP contribution in [0.1, 0.15) is 36.0 Å². The molecule has 6 rings (SSSR count). The standard InChI is InChI=1S/C33H35N3O7/c1-35(2)27-22-15-18-14-21-20(17-8-6-16(7-9-17)13-19-5-4-12-36(19)3)10-11-23(37)25(21)28(38)24(18)30(40)33(22,43)31(41)26(29(27)39)32(34)42/h6-11,13,18,22,27,37-38,41,43H,4-5,12,14-15H2,1-3H3,(H2,34,42). The predicted molar refractivity (Wildman–Crippen MR) is 160 cm³/mol. The molecular weight excluding hydrogens is 550 g/mol. The van der Waals surface area contributed by atoms with Crippen LogP contribution in [0.5, 0.6) is 5.75 Å². The van der Waals surface area contributed by atoms with Gasteiger partial charge in [-0.2, -0.15) is 0 Å². The fourth-order valence-corrected chi connectivity index (χ4v) is 7.48. The molecule has 10 heteroatoms. The number of primary amides is 1. The van der Waals surface area contributed by atoms with E-state index in [-0.39, 0.29) is 29.7 Å². The summed E-state index contributed by atoms with van der Waals surface area (Å²) in [5.41, 5.74) is 6.41. The van der Waals surface area contributed by atoms with Gasteiger partial charge in [0.15, 0.2) is 11.4 Å². The number of benzene rings is 2. The van der Waals surface area contributed by atoms with Crippen LogP contribution in [0.4, 0.5) is 0 Å². The van der Waals surface area contributed by atoms with E-state index in [2.05, 4.69) is 18.0 Å². The van der Waals surface area contributed by atoms with Crippen LogP contribution in [0.3, 0.4) is 0 Å². The molecule has 10 nitrogen and oxygen atoms in total. The third-order valence-corrected chi connectivity index (χ3v) is 9.58. The van der Waals surface area contributed by atoms with Crippen LogP contribution < -0.4 is 5.73 Å². The molecular formula is C33H35N3O7. The van der Waals surface area contributed by atoms with Gasteiger partial charge in [0.05, 0.1) is 11.6 Å². The lowest BCUT2D eigenvalue weighted by Gasteiger charge is -2.50. The number of likely N-dealkylation sites (tertiary alicyclic amines) is 1. The average Bonchev–Trinajstić information content (AvgIpc) is 3.35. The van der Waals surface area contributed by atoms with Gasteiger partial charge in [-0.05, 0) is 80.1 Å². The van der Waals surface area contributed by atoms with Gasteiger partial charge in [-0.15, -0.1) is 0 Å². The minimum Gasteiger partial charge on any atom is -0.508 e. The first-order valence-electron chi connectivity index (χ1n) is 14.4. The molecule has 0 radical (unpaired) electrons. The quantitative estimate of drug-likeness (QED) is 0.339. The minimum atomic E-state index is -2.66. The van der Waals surface area contributed by atoms with Crippen molar-refractivity contribution in [1.82, 2.24) is 9.80 Å². The van der Waals surface area contributed by atoms with Crippen LogP contribution in [0, 0.1) is 11.8 Å². The average molecular weight is 586 g/mol. The van der Waals surface area contributed by atoms with Gasteiger partial charge in [0.1, 0.15) is 22.8 Å². The lowest BCUT2D eigenvalue weighted by atomic mass is 9.57. The number of nitrogens with zero attached hydrogens (tertiary/aromatic N) is 2. The van der Waals surface area contributed by atoms with E-state index in [4.69, 9.17) is 5.73 Å². The monoisotopic (exact) mass is 585 g/mol. The summed E-state index contributed by atoms with van der Waals surface area (Å²) >= 11 is 0. The van der Waals surface area contributed by atoms with Gasteiger partial charge in [0, 0.05) is 30.8 Å². The van der Waals surface area contributed by atoms with E-state index >= 15 is 0 Å². The first-order chi connectivity index (χ1) is 20.4. The number of nitrogens with two attached hydrogens (primary N) is 1. The maximum Gasteiger partial charge on any atom is 0.255 e. The van der Waals surface area contributed by atoms with Crippen LogP contribution in [-0.4, -0.2) is 87.0 Å². The molecule has 43 heavy (non-hydrogen) atoms. The van der Waals surface area contributed by atoms with E-state index in [1.54, 1.807) is 20.2 Å². The Labute approximate surface area is 249 Å². The van der Waals surface area contributed by atoms with Crippen molar-refractivity contribution in [2.45, 2.75) is 37.3 Å². The highest BCUT2D eigenvalue weighted by atomic mass is 16.3. The Balaban J connectivity index is 1.46. The number of carbonyl (C=O) groups is 3. The van der Waals surface area contributed by atoms with Gasteiger partial charge < -0.3 is 31.1 Å². The Morgan fingerprint density at radius 2 is 1.79 bits per heavy atom. The lowest BCUT2D eigenvalue weighted by Crippen LogP contribution is -2.65. The molecule has 0 bridgehead atoms. The molecule has 0 aromatic heterocycles. The van der Waals surface area contributed by atoms with E-state index < -0.39 is 58.0 Å². The van der Waals surface area contributed by atoms with Crippen molar-refractivity contribution in [3.8, 4) is 16.9 Å². The van der Waals surface area contributed by atoms with Crippen LogP contribution >= 0.6 is 0 Å². The summed E-state index contributed by atoms with van der Waals surface area (Å²) < 4.78 is 0. The van der Waals surface area contributed by atoms with E-state index in [0.717, 1.165) is 36.1 Å². The second kappa shape index (κ2) is 10.1. The summed E-state index contributed by atoms with van der Waals surface area (Å²) in [5, 5.41) is 45.1. The molecule has 1 saturated heterocycles. The summed E-state index contributed by atoms with van der Waals surface area (Å²) in [7, 11) is 5.24. The number of aliphatic hydroxyl groups excluding tert-OH is 2.